The molecule has 0 aliphatic carbocycles. The van der Waals surface area contributed by atoms with Crippen LogP contribution in [0.1, 0.15) is 34.9 Å². The first-order valence-corrected chi connectivity index (χ1v) is 11.3. The second kappa shape index (κ2) is 13.2. The van der Waals surface area contributed by atoms with Gasteiger partial charge in [0.2, 0.25) is 0 Å². The molecule has 1 aromatic carbocycles. The van der Waals surface area contributed by atoms with E-state index in [1.807, 2.05) is 13.2 Å². The highest BCUT2D eigenvalue weighted by molar-refractivity contribution is 14.0. The maximum atomic E-state index is 5.64. The first kappa shape index (κ1) is 25.0. The van der Waals surface area contributed by atoms with Crippen molar-refractivity contribution in [1.82, 2.24) is 20.5 Å². The Morgan fingerprint density at radius 2 is 2.17 bits per heavy atom. The van der Waals surface area contributed by atoms with Crippen LogP contribution in [0.2, 0.25) is 0 Å². The number of benzene rings is 1. The zero-order valence-corrected chi connectivity index (χ0v) is 21.3. The molecule has 1 aromatic heterocycles. The summed E-state index contributed by atoms with van der Waals surface area (Å²) in [5.74, 6) is 0.824. The van der Waals surface area contributed by atoms with Gasteiger partial charge in [0, 0.05) is 57.3 Å². The van der Waals surface area contributed by atoms with Crippen LogP contribution >= 0.6 is 35.3 Å². The van der Waals surface area contributed by atoms with E-state index in [0.29, 0.717) is 6.10 Å². The molecule has 2 aromatic rings. The van der Waals surface area contributed by atoms with Crippen molar-refractivity contribution >= 4 is 41.3 Å². The maximum Gasteiger partial charge on any atom is 0.191 e. The zero-order chi connectivity index (χ0) is 20.5. The molecular formula is C22H34IN5OS. The predicted molar refractivity (Wildman–Crippen MR) is 136 cm³/mol. The van der Waals surface area contributed by atoms with Crippen LogP contribution < -0.4 is 10.6 Å². The lowest BCUT2D eigenvalue weighted by atomic mass is 10.1. The van der Waals surface area contributed by atoms with E-state index in [9.17, 15) is 0 Å². The number of guanidine groups is 1. The first-order valence-electron chi connectivity index (χ1n) is 10.5. The number of thiazole rings is 1. The second-order valence-electron chi connectivity index (χ2n) is 7.41. The Hall–Kier alpha value is -1.23. The van der Waals surface area contributed by atoms with E-state index in [1.54, 1.807) is 11.3 Å². The van der Waals surface area contributed by atoms with Crippen LogP contribution in [0.3, 0.4) is 0 Å². The largest absolute Gasteiger partial charge is 0.376 e. The summed E-state index contributed by atoms with van der Waals surface area (Å²) in [4.78, 5) is 12.6. The van der Waals surface area contributed by atoms with Crippen molar-refractivity contribution in [3.63, 3.8) is 0 Å². The first-order chi connectivity index (χ1) is 14.2. The van der Waals surface area contributed by atoms with Crippen molar-refractivity contribution in [3.8, 4) is 0 Å². The van der Waals surface area contributed by atoms with Gasteiger partial charge in [0.05, 0.1) is 17.7 Å². The van der Waals surface area contributed by atoms with Gasteiger partial charge >= 0.3 is 0 Å². The molecule has 8 heteroatoms. The van der Waals surface area contributed by atoms with E-state index >= 15 is 0 Å². The van der Waals surface area contributed by atoms with Crippen LogP contribution in [0.4, 0.5) is 0 Å². The lowest BCUT2D eigenvalue weighted by molar-refractivity contribution is -0.0212. The topological polar surface area (TPSA) is 61.8 Å². The minimum atomic E-state index is 0. The lowest BCUT2D eigenvalue weighted by Gasteiger charge is -2.31. The van der Waals surface area contributed by atoms with E-state index < -0.39 is 0 Å². The lowest BCUT2D eigenvalue weighted by Crippen LogP contribution is -2.40. The molecule has 1 saturated heterocycles. The van der Waals surface area contributed by atoms with Crippen LogP contribution in [0.5, 0.6) is 0 Å². The number of hydrogen-bond donors (Lipinski definition) is 2. The molecule has 0 bridgehead atoms. The molecule has 30 heavy (non-hydrogen) atoms. The Labute approximate surface area is 201 Å². The number of nitrogens with zero attached hydrogens (tertiary/aromatic N) is 3. The van der Waals surface area contributed by atoms with Gasteiger partial charge in [0.25, 0.3) is 0 Å². The molecule has 166 valence electrons. The molecule has 1 atom stereocenters. The Morgan fingerprint density at radius 1 is 1.33 bits per heavy atom. The van der Waals surface area contributed by atoms with Crippen molar-refractivity contribution in [3.05, 3.63) is 51.5 Å². The van der Waals surface area contributed by atoms with E-state index in [0.717, 1.165) is 58.1 Å². The van der Waals surface area contributed by atoms with Crippen molar-refractivity contribution in [1.29, 1.82) is 0 Å². The monoisotopic (exact) mass is 543 g/mol. The van der Waals surface area contributed by atoms with E-state index in [2.05, 4.69) is 63.6 Å². The Morgan fingerprint density at radius 3 is 2.90 bits per heavy atom. The summed E-state index contributed by atoms with van der Waals surface area (Å²) in [7, 11) is 1.81. The Kier molecular flexibility index (Phi) is 11.0. The number of ether oxygens (including phenoxy) is 1. The van der Waals surface area contributed by atoms with Crippen molar-refractivity contribution < 1.29 is 4.74 Å². The van der Waals surface area contributed by atoms with Crippen LogP contribution in [-0.2, 0) is 30.7 Å². The fourth-order valence-corrected chi connectivity index (χ4v) is 4.31. The van der Waals surface area contributed by atoms with Gasteiger partial charge in [-0.05, 0) is 24.5 Å². The van der Waals surface area contributed by atoms with E-state index in [-0.39, 0.29) is 24.0 Å². The SMILES string of the molecule is CCc1cnc(CCNC(=NC)NCc2cccc(CN3CCOC(C)C3)c2)s1.I. The maximum absolute atomic E-state index is 5.64. The van der Waals surface area contributed by atoms with Gasteiger partial charge in [0.1, 0.15) is 0 Å². The molecule has 0 amide bonds. The molecule has 2 heterocycles. The summed E-state index contributed by atoms with van der Waals surface area (Å²) in [6.07, 6.45) is 4.27. The molecule has 0 saturated carbocycles. The minimum absolute atomic E-state index is 0. The molecule has 1 fully saturated rings. The van der Waals surface area contributed by atoms with E-state index in [4.69, 9.17) is 4.74 Å². The summed E-state index contributed by atoms with van der Waals surface area (Å²) in [5, 5.41) is 7.97. The Balaban J connectivity index is 0.00000320. The normalized spacial score (nSPS) is 17.4. The highest BCUT2D eigenvalue weighted by Crippen LogP contribution is 2.14. The minimum Gasteiger partial charge on any atom is -0.376 e. The molecule has 3 rings (SSSR count). The molecule has 1 unspecified atom stereocenters. The fraction of sp³-hybridized carbons (Fsp3) is 0.545. The third-order valence-corrected chi connectivity index (χ3v) is 6.19. The Bertz CT molecular complexity index is 797. The zero-order valence-electron chi connectivity index (χ0n) is 18.2. The van der Waals surface area contributed by atoms with Gasteiger partial charge in [-0.15, -0.1) is 35.3 Å². The molecule has 0 spiro atoms. The van der Waals surface area contributed by atoms with Gasteiger partial charge in [-0.2, -0.15) is 0 Å². The smallest absolute Gasteiger partial charge is 0.191 e. The summed E-state index contributed by atoms with van der Waals surface area (Å²) < 4.78 is 5.64. The summed E-state index contributed by atoms with van der Waals surface area (Å²) in [6, 6.07) is 8.78. The standard InChI is InChI=1S/C22H33N5OS.HI/c1-4-20-14-25-21(29-20)8-9-24-22(23-3)26-13-18-6-5-7-19(12-18)16-27-10-11-28-17(2)15-27;/h5-7,12,14,17H,4,8-11,13,15-16H2,1-3H3,(H2,23,24,26);1H. The van der Waals surface area contributed by atoms with Crippen molar-refractivity contribution in [2.75, 3.05) is 33.3 Å². The van der Waals surface area contributed by atoms with Gasteiger partial charge in [-0.25, -0.2) is 4.98 Å². The van der Waals surface area contributed by atoms with Crippen LogP contribution in [0, 0.1) is 0 Å². The van der Waals surface area contributed by atoms with Gasteiger partial charge in [0.15, 0.2) is 5.96 Å². The van der Waals surface area contributed by atoms with E-state index in [1.165, 1.54) is 21.0 Å². The number of morpholine rings is 1. The van der Waals surface area contributed by atoms with Crippen LogP contribution in [-0.4, -0.2) is 55.2 Å². The third kappa shape index (κ3) is 8.13. The molecular weight excluding hydrogens is 509 g/mol. The van der Waals surface area contributed by atoms with Gasteiger partial charge < -0.3 is 15.4 Å². The molecule has 1 aliphatic rings. The third-order valence-electron chi connectivity index (χ3n) is 4.99. The van der Waals surface area contributed by atoms with Gasteiger partial charge in [-0.1, -0.05) is 31.2 Å². The number of aromatic nitrogens is 1. The van der Waals surface area contributed by atoms with Crippen LogP contribution in [0.25, 0.3) is 0 Å². The number of nitrogens with one attached hydrogen (secondary N) is 2. The average molecular weight is 544 g/mol. The summed E-state index contributed by atoms with van der Waals surface area (Å²) in [6.45, 7) is 9.68. The number of rotatable bonds is 8. The number of aliphatic imine (C=N–C) groups is 1. The van der Waals surface area contributed by atoms with Gasteiger partial charge in [-0.3, -0.25) is 9.89 Å². The average Bonchev–Trinajstić information content (AvgIpc) is 3.19. The number of halogens is 1. The quantitative estimate of drug-likeness (QED) is 0.304. The number of aryl methyl sites for hydroxylation is 1. The summed E-state index contributed by atoms with van der Waals surface area (Å²) in [5.41, 5.74) is 2.61. The highest BCUT2D eigenvalue weighted by Gasteiger charge is 2.16. The molecule has 6 nitrogen and oxygen atoms in total. The predicted octanol–water partition coefficient (Wildman–Crippen LogP) is 3.45. The van der Waals surface area contributed by atoms with Crippen molar-refractivity contribution in [2.24, 2.45) is 4.99 Å². The summed E-state index contributed by atoms with van der Waals surface area (Å²) >= 11 is 1.80. The van der Waals surface area contributed by atoms with Crippen molar-refractivity contribution in [2.45, 2.75) is 45.9 Å². The van der Waals surface area contributed by atoms with Crippen LogP contribution in [0.15, 0.2) is 35.5 Å². The molecule has 2 N–H and O–H groups in total. The fourth-order valence-electron chi connectivity index (χ4n) is 3.45. The second-order valence-corrected chi connectivity index (χ2v) is 8.61. The highest BCUT2D eigenvalue weighted by atomic mass is 127. The number of hydrogen-bond acceptors (Lipinski definition) is 5. The molecule has 0 radical (unpaired) electrons. The molecule has 1 aliphatic heterocycles.